The summed E-state index contributed by atoms with van der Waals surface area (Å²) in [5, 5.41) is 30.0. The number of nitrogens with one attached hydrogen (secondary N) is 1. The topological polar surface area (TPSA) is 108 Å². The molecule has 8 unspecified atom stereocenters. The summed E-state index contributed by atoms with van der Waals surface area (Å²) in [6.45, 7) is 2.27. The molecule has 7 nitrogen and oxygen atoms in total. The zero-order valence-corrected chi connectivity index (χ0v) is 21.1. The highest BCUT2D eigenvalue weighted by Gasteiger charge is 2.74. The molecule has 1 aromatic carbocycles. The number of alkyl halides is 1. The van der Waals surface area contributed by atoms with Crippen molar-refractivity contribution in [3.05, 3.63) is 41.5 Å². The Morgan fingerprint density at radius 3 is 2.78 bits per heavy atom. The number of fused-ring (bicyclic) bond motifs is 2. The van der Waals surface area contributed by atoms with Gasteiger partial charge in [0.15, 0.2) is 11.5 Å². The molecular weight excluding hydrogens is 459 g/mol. The van der Waals surface area contributed by atoms with Gasteiger partial charge in [-0.15, -0.1) is 0 Å². The zero-order chi connectivity index (χ0) is 25.3. The summed E-state index contributed by atoms with van der Waals surface area (Å²) in [5.74, 6) is 0.465. The standard InChI is InChI=1S/C28H35FN4O3/c1-25-8-10-27(29)13-18-22(34)23(35)20(33(2)3)14-26(18)9-11-28(27,36-26)21(25)7-5-17(25)15-4-6-19-16(12-15)24(30)32-31-19/h4-6,12-13,20-23,34-35H,7-11,14H2,1-3H3,(H3,30,31,32). The minimum atomic E-state index is -1.67. The molecule has 1 aromatic heterocycles. The SMILES string of the molecule is CN(C)C1CC23CCC4(O2)C2CC=C(c5ccc6[nH]nc(N)c6c5)C2(C)CCC4(F)C=C3C(O)C1O. The van der Waals surface area contributed by atoms with Crippen LogP contribution in [0.25, 0.3) is 16.5 Å². The predicted octanol–water partition coefficient (Wildman–Crippen LogP) is 3.34. The maximum atomic E-state index is 17.1. The molecule has 0 radical (unpaired) electrons. The van der Waals surface area contributed by atoms with Gasteiger partial charge in [0.1, 0.15) is 11.7 Å². The van der Waals surface area contributed by atoms with E-state index in [1.807, 2.05) is 25.1 Å². The van der Waals surface area contributed by atoms with Crippen molar-refractivity contribution >= 4 is 22.3 Å². The van der Waals surface area contributed by atoms with Crippen LogP contribution in [0.3, 0.4) is 0 Å². The highest BCUT2D eigenvalue weighted by molar-refractivity contribution is 5.92. The van der Waals surface area contributed by atoms with Crippen molar-refractivity contribution in [3.8, 4) is 0 Å². The Labute approximate surface area is 210 Å². The minimum absolute atomic E-state index is 0.0184. The number of aliphatic hydroxyl groups excluding tert-OH is 2. The monoisotopic (exact) mass is 494 g/mol. The molecule has 3 heterocycles. The van der Waals surface area contributed by atoms with Gasteiger partial charge in [0.25, 0.3) is 0 Å². The summed E-state index contributed by atoms with van der Waals surface area (Å²) < 4.78 is 24.1. The molecular formula is C28H35FN4O3. The van der Waals surface area contributed by atoms with Gasteiger partial charge in [-0.3, -0.25) is 5.10 Å². The fourth-order valence-electron chi connectivity index (χ4n) is 8.63. The summed E-state index contributed by atoms with van der Waals surface area (Å²) in [6, 6.07) is 5.96. The van der Waals surface area contributed by atoms with E-state index in [1.54, 1.807) is 6.08 Å². The first-order valence-corrected chi connectivity index (χ1v) is 13.1. The first-order valence-electron chi connectivity index (χ1n) is 13.1. The third-order valence-electron chi connectivity index (χ3n) is 10.5. The van der Waals surface area contributed by atoms with Crippen LogP contribution >= 0.6 is 0 Å². The number of ether oxygens (including phenoxy) is 1. The van der Waals surface area contributed by atoms with Gasteiger partial charge in [-0.25, -0.2) is 4.39 Å². The van der Waals surface area contributed by atoms with Crippen molar-refractivity contribution in [2.45, 2.75) is 80.6 Å². The summed E-state index contributed by atoms with van der Waals surface area (Å²) in [6.07, 6.45) is 5.47. The number of nitrogen functional groups attached to an aromatic ring is 1. The van der Waals surface area contributed by atoms with Gasteiger partial charge >= 0.3 is 0 Å². The average Bonchev–Trinajstić information content (AvgIpc) is 3.50. The number of aliphatic hydroxyl groups is 2. The lowest BCUT2D eigenvalue weighted by atomic mass is 9.53. The Hall–Kier alpha value is -2.26. The maximum absolute atomic E-state index is 17.1. The number of halogens is 1. The number of rotatable bonds is 2. The molecule has 8 heteroatoms. The van der Waals surface area contributed by atoms with Crippen molar-refractivity contribution in [1.82, 2.24) is 15.1 Å². The lowest BCUT2D eigenvalue weighted by Crippen LogP contribution is -2.68. The Morgan fingerprint density at radius 1 is 1.19 bits per heavy atom. The van der Waals surface area contributed by atoms with E-state index in [4.69, 9.17) is 10.5 Å². The largest absolute Gasteiger partial charge is 0.388 e. The van der Waals surface area contributed by atoms with Crippen molar-refractivity contribution in [2.24, 2.45) is 11.3 Å². The Bertz CT molecular complexity index is 1340. The lowest BCUT2D eigenvalue weighted by molar-refractivity contribution is -0.239. The van der Waals surface area contributed by atoms with Gasteiger partial charge in [-0.05, 0) is 93.0 Å². The lowest BCUT2D eigenvalue weighted by Gasteiger charge is -2.60. The van der Waals surface area contributed by atoms with Crippen LogP contribution in [-0.4, -0.2) is 74.5 Å². The van der Waals surface area contributed by atoms with Crippen LogP contribution < -0.4 is 5.73 Å². The van der Waals surface area contributed by atoms with Gasteiger partial charge in [-0.1, -0.05) is 19.1 Å². The molecule has 3 fully saturated rings. The fraction of sp³-hybridized carbons (Fsp3) is 0.607. The number of benzene rings is 1. The normalized spacial score (nSPS) is 45.3. The highest BCUT2D eigenvalue weighted by Crippen LogP contribution is 2.71. The quantitative estimate of drug-likeness (QED) is 0.477. The first kappa shape index (κ1) is 22.9. The molecule has 5 aliphatic rings. The summed E-state index contributed by atoms with van der Waals surface area (Å²) in [4.78, 5) is 1.95. The number of likely N-dealkylation sites (N-methyl/N-ethyl adjacent to an activating group) is 1. The summed E-state index contributed by atoms with van der Waals surface area (Å²) >= 11 is 0. The van der Waals surface area contributed by atoms with Crippen LogP contribution in [0.4, 0.5) is 10.2 Å². The number of hydrogen-bond acceptors (Lipinski definition) is 6. The molecule has 2 aromatic rings. The van der Waals surface area contributed by atoms with Crippen LogP contribution in [0.15, 0.2) is 35.9 Å². The molecule has 36 heavy (non-hydrogen) atoms. The number of H-pyrrole nitrogens is 1. The average molecular weight is 495 g/mol. The third kappa shape index (κ3) is 2.58. The van der Waals surface area contributed by atoms with Gasteiger partial charge < -0.3 is 25.6 Å². The maximum Gasteiger partial charge on any atom is 0.158 e. The zero-order valence-electron chi connectivity index (χ0n) is 21.1. The van der Waals surface area contributed by atoms with Crippen LogP contribution in [0.5, 0.6) is 0 Å². The summed E-state index contributed by atoms with van der Waals surface area (Å²) in [5.41, 5.74) is 6.31. The Morgan fingerprint density at radius 2 is 2.00 bits per heavy atom. The van der Waals surface area contributed by atoms with E-state index >= 15 is 4.39 Å². The number of hydrogen-bond donors (Lipinski definition) is 4. The van der Waals surface area contributed by atoms with Crippen molar-refractivity contribution in [2.75, 3.05) is 19.8 Å². The fourth-order valence-corrected chi connectivity index (χ4v) is 8.63. The molecule has 1 saturated heterocycles. The van der Waals surface area contributed by atoms with Gasteiger partial charge in [0.2, 0.25) is 0 Å². The van der Waals surface area contributed by atoms with Crippen LogP contribution in [0.1, 0.15) is 51.0 Å². The van der Waals surface area contributed by atoms with E-state index < -0.39 is 29.1 Å². The second kappa shape index (κ2) is 6.98. The van der Waals surface area contributed by atoms with Crippen molar-refractivity contribution in [1.29, 1.82) is 0 Å². The van der Waals surface area contributed by atoms with E-state index in [9.17, 15) is 10.2 Å². The second-order valence-electron chi connectivity index (χ2n) is 12.3. The van der Waals surface area contributed by atoms with Gasteiger partial charge in [0, 0.05) is 17.3 Å². The van der Waals surface area contributed by atoms with E-state index in [0.717, 1.165) is 22.9 Å². The number of nitrogens with two attached hydrogens (primary N) is 1. The number of aromatic amines is 1. The molecule has 0 amide bonds. The van der Waals surface area contributed by atoms with Gasteiger partial charge in [-0.2, -0.15) is 5.10 Å². The molecule has 2 aliphatic heterocycles. The Kier molecular flexibility index (Phi) is 4.44. The molecule has 192 valence electrons. The molecule has 3 aliphatic carbocycles. The number of anilines is 1. The second-order valence-corrected chi connectivity index (χ2v) is 12.3. The molecule has 5 N–H and O–H groups in total. The number of nitrogens with zero attached hydrogens (tertiary/aromatic N) is 2. The van der Waals surface area contributed by atoms with E-state index in [-0.39, 0.29) is 17.4 Å². The first-order chi connectivity index (χ1) is 17.0. The molecule has 8 atom stereocenters. The third-order valence-corrected chi connectivity index (χ3v) is 10.5. The van der Waals surface area contributed by atoms with Crippen LogP contribution in [0.2, 0.25) is 0 Å². The highest BCUT2D eigenvalue weighted by atomic mass is 19.1. The van der Waals surface area contributed by atoms with Crippen LogP contribution in [0, 0.1) is 11.3 Å². The van der Waals surface area contributed by atoms with E-state index in [2.05, 4.69) is 35.3 Å². The van der Waals surface area contributed by atoms with Crippen molar-refractivity contribution < 1.29 is 19.3 Å². The van der Waals surface area contributed by atoms with Crippen molar-refractivity contribution in [3.63, 3.8) is 0 Å². The smallest absolute Gasteiger partial charge is 0.158 e. The number of allylic oxidation sites excluding steroid dienone is 2. The van der Waals surface area contributed by atoms with E-state index in [1.165, 1.54) is 5.57 Å². The summed E-state index contributed by atoms with van der Waals surface area (Å²) in [7, 11) is 3.82. The van der Waals surface area contributed by atoms with Crippen LogP contribution in [-0.2, 0) is 4.74 Å². The predicted molar refractivity (Wildman–Crippen MR) is 136 cm³/mol. The molecule has 2 bridgehead atoms. The molecule has 7 rings (SSSR count). The molecule has 2 spiro atoms. The molecule has 2 saturated carbocycles. The minimum Gasteiger partial charge on any atom is -0.388 e. The Balaban J connectivity index is 1.30. The van der Waals surface area contributed by atoms with E-state index in [0.29, 0.717) is 43.5 Å². The van der Waals surface area contributed by atoms with Gasteiger partial charge in [0.05, 0.1) is 17.2 Å². The number of aromatic nitrogens is 2.